The summed E-state index contributed by atoms with van der Waals surface area (Å²) in [6.07, 6.45) is -71.1. The lowest BCUT2D eigenvalue weighted by molar-refractivity contribution is -0.396. The molecule has 56 heteroatoms. The number of likely N-dealkylation sites (N-methyl/N-ethyl adjacent to an activating group) is 1. The van der Waals surface area contributed by atoms with Gasteiger partial charge in [-0.3, -0.25) is 43.8 Å². The van der Waals surface area contributed by atoms with Crippen molar-refractivity contribution in [2.45, 2.75) is 279 Å². The van der Waals surface area contributed by atoms with Gasteiger partial charge in [0.25, 0.3) is 11.8 Å². The van der Waals surface area contributed by atoms with Crippen LogP contribution in [0, 0.1) is 5.92 Å². The van der Waals surface area contributed by atoms with E-state index >= 15 is 0 Å². The molecule has 22 aliphatic rings. The zero-order valence-corrected chi connectivity index (χ0v) is 80.7. The third-order valence-electron chi connectivity index (χ3n) is 25.9. The second kappa shape index (κ2) is 53.1. The number of amides is 8. The van der Waals surface area contributed by atoms with E-state index in [1.165, 1.54) is 54.5 Å². The number of nitrogens with zero attached hydrogens (tertiary/aromatic N) is 1. The summed E-state index contributed by atoms with van der Waals surface area (Å²) in [5, 5.41) is 250. The molecule has 0 spiro atoms. The van der Waals surface area contributed by atoms with Gasteiger partial charge in [0.15, 0.2) is 55.5 Å². The minimum absolute atomic E-state index is 0.209. The van der Waals surface area contributed by atoms with Gasteiger partial charge in [0, 0.05) is 50.4 Å². The minimum Gasteiger partial charge on any atom is -0.495 e. The molecular weight excluding hydrogens is 1970 g/mol. The van der Waals surface area contributed by atoms with Crippen molar-refractivity contribution in [3.63, 3.8) is 0 Å². The average molecular weight is 2100 g/mol. The van der Waals surface area contributed by atoms with Crippen LogP contribution in [0.2, 0.25) is 0 Å². The second-order valence-electron chi connectivity index (χ2n) is 36.2. The summed E-state index contributed by atoms with van der Waals surface area (Å²) < 4.78 is 110. The van der Waals surface area contributed by atoms with E-state index in [1.54, 1.807) is 68.5 Å². The maximum Gasteiger partial charge on any atom is 0.412 e. The molecule has 25 rings (SSSR count). The zero-order valence-electron chi connectivity index (χ0n) is 80.7. The van der Waals surface area contributed by atoms with Crippen LogP contribution in [0.3, 0.4) is 0 Å². The molecule has 0 aliphatic carbocycles. The Balaban J connectivity index is 0.715. The lowest BCUT2D eigenvalue weighted by atomic mass is 9.95. The van der Waals surface area contributed by atoms with Crippen LogP contribution in [-0.4, -0.2) is 495 Å². The van der Waals surface area contributed by atoms with Gasteiger partial charge >= 0.3 is 6.09 Å². The van der Waals surface area contributed by atoms with Crippen LogP contribution in [0.15, 0.2) is 66.7 Å². The highest BCUT2D eigenvalue weighted by Gasteiger charge is 2.61. The van der Waals surface area contributed by atoms with Crippen molar-refractivity contribution in [1.29, 1.82) is 0 Å². The smallest absolute Gasteiger partial charge is 0.412 e. The first-order chi connectivity index (χ1) is 70.2. The lowest BCUT2D eigenvalue weighted by Crippen LogP contribution is -2.68. The molecule has 21 saturated heterocycles. The standard InChI is InChI=1S/C91H131N9O47/c1-35(2)57(83(127)95-36(3)80(124)96-40-14-11-38(12-15-40)34-133-91(128)98-42-23-37(13-17-44(42)129-5)9-10-39-24-45(130-6)72(132-8)46(25-39)131-7)99-54(107)18-16-41(97-82(126)43(26-92-4)100-55(108)19-20-56(100)109)81(125)94-22-21-93-27-47-73-58(110)65(117)84(134-47)142-74-48(28-101)136-86(67(119)60(74)112)144-76-50(30-103)138-88(69(121)62(76)114)146-78-52(32-105)140-90(71(123)64(78)116)147-79-53(33-106)139-89(70(122)63(79)115)145-77-51(31-104)137-87(68(120)61(77)113)143-75-49(29-102)135-85(141-73)66(118)59(75)111/h9-15,17,19-20,23-25,35-36,41,43,47-53,57-71,73-79,84-90,92-93,101-106,110-123H,16,18,21-22,26-34H2,1-8H3,(H,94,125)(H,95,127)(H,96,124)(H,97,126)(H,98,128)(H,99,107)/b10-9-/t36-,41-,43-,47?,48?,49?,50?,51?,52?,53?,57-,58?,59?,60?,61?,62?,63?,64?,65?,66?,67?,68?,69?,70?,71?,73?,74?,75?,76?,77?,78?,79?,84?,85?,86?,87?,88?,89?,90?/m0/s1. The largest absolute Gasteiger partial charge is 0.495 e. The highest BCUT2D eigenvalue weighted by atomic mass is 16.8. The van der Waals surface area contributed by atoms with Crippen molar-refractivity contribution in [1.82, 2.24) is 36.8 Å². The fraction of sp³-hybridized carbons (Fsp3) is 0.670. The van der Waals surface area contributed by atoms with Crippen LogP contribution in [-0.2, 0) is 111 Å². The Hall–Kier alpha value is -9.34. The SMILES string of the molecule is CNC[C@@H](C(=O)N[C@@H](CCC(=O)N[C@H](C(=O)N[C@@H](C)C(=O)Nc1ccc(COC(=O)Nc2cc(/C=C\c3cc(OC)c(OC)c(OC)c3)ccc2OC)cc1)C(C)C)C(=O)NCCNCC1OC2OC3C(CO)OC(OC4C(CO)OC(OC5C(CO)OC(OC6C(CO)OC(OC7C(CO)OC(OC8C(CO)OC(OC1C(O)C2O)C(O)C8O)C(O)C7O)C(O)C6O)C(O)C5O)C(O)C4O)C(O)C3O)N1C(=O)C=CC1=O. The molecule has 0 radical (unpaired) electrons. The topological polar surface area (TPSA) is 816 Å². The quantitative estimate of drug-likeness (QED) is 0.0148. The van der Waals surface area contributed by atoms with Crippen LogP contribution in [0.4, 0.5) is 16.2 Å². The van der Waals surface area contributed by atoms with Crippen LogP contribution in [0.25, 0.3) is 12.2 Å². The Morgan fingerprint density at radius 2 is 0.789 bits per heavy atom. The van der Waals surface area contributed by atoms with Crippen LogP contribution < -0.4 is 61.5 Å². The molecule has 22 aliphatic heterocycles. The van der Waals surface area contributed by atoms with Crippen LogP contribution in [0.5, 0.6) is 23.0 Å². The Kier molecular flexibility index (Phi) is 42.0. The number of aliphatic hydroxyl groups is 20. The molecule has 56 nitrogen and oxygen atoms in total. The number of hydrogen-bond acceptors (Lipinski definition) is 49. The molecular formula is C91H131N9O47. The van der Waals surface area contributed by atoms with E-state index in [2.05, 4.69) is 42.5 Å². The van der Waals surface area contributed by atoms with Crippen molar-refractivity contribution in [3.05, 3.63) is 83.4 Å². The number of hydrogen-bond donors (Lipinski definition) is 28. The van der Waals surface area contributed by atoms with Crippen molar-refractivity contribution in [3.8, 4) is 23.0 Å². The van der Waals surface area contributed by atoms with Gasteiger partial charge in [0.1, 0.15) is 207 Å². The third kappa shape index (κ3) is 27.4. The Morgan fingerprint density at radius 1 is 0.408 bits per heavy atom. The number of methoxy groups -OCH3 is 4. The number of carbonyl (C=O) groups is 8. The normalized spacial score (nSPS) is 35.7. The monoisotopic (exact) mass is 2100 g/mol. The molecule has 8 amide bonds. The van der Waals surface area contributed by atoms with Crippen LogP contribution in [0.1, 0.15) is 50.3 Å². The fourth-order valence-corrected chi connectivity index (χ4v) is 17.8. The van der Waals surface area contributed by atoms with Crippen molar-refractivity contribution < 1.29 is 230 Å². The van der Waals surface area contributed by atoms with E-state index in [4.69, 9.17) is 90.0 Å². The molecule has 14 bridgehead atoms. The zero-order chi connectivity index (χ0) is 107. The van der Waals surface area contributed by atoms with Gasteiger partial charge in [-0.25, -0.2) is 4.79 Å². The van der Waals surface area contributed by atoms with Crippen molar-refractivity contribution in [2.24, 2.45) is 5.92 Å². The van der Waals surface area contributed by atoms with E-state index in [0.717, 1.165) is 17.7 Å². The fourth-order valence-electron chi connectivity index (χ4n) is 17.8. The number of rotatable bonds is 35. The van der Waals surface area contributed by atoms with Crippen LogP contribution >= 0.6 is 0 Å². The first-order valence-electron chi connectivity index (χ1n) is 47.1. The van der Waals surface area contributed by atoms with Gasteiger partial charge in [-0.2, -0.15) is 0 Å². The number of anilines is 2. The summed E-state index contributed by atoms with van der Waals surface area (Å²) in [6.45, 7) is -4.32. The molecule has 22 heterocycles. The summed E-state index contributed by atoms with van der Waals surface area (Å²) in [4.78, 5) is 110. The number of benzene rings is 3. The highest BCUT2D eigenvalue weighted by molar-refractivity contribution is 6.15. The van der Waals surface area contributed by atoms with Gasteiger partial charge < -0.3 is 229 Å². The summed E-state index contributed by atoms with van der Waals surface area (Å²) >= 11 is 0. The summed E-state index contributed by atoms with van der Waals surface area (Å²) in [6, 6.07) is 8.91. The van der Waals surface area contributed by atoms with Crippen molar-refractivity contribution in [2.75, 3.05) is 112 Å². The molecule has 0 aromatic heterocycles. The average Bonchev–Trinajstić information content (AvgIpc) is 0.826. The Morgan fingerprint density at radius 3 is 1.16 bits per heavy atom. The molecule has 3 aromatic rings. The summed E-state index contributed by atoms with van der Waals surface area (Å²) in [5.74, 6) is -5.27. The Bertz CT molecular complexity index is 4850. The van der Waals surface area contributed by atoms with Gasteiger partial charge in [0.2, 0.25) is 35.3 Å². The van der Waals surface area contributed by atoms with Crippen molar-refractivity contribution >= 4 is 71.0 Å². The van der Waals surface area contributed by atoms with Gasteiger partial charge in [0.05, 0.1) is 73.8 Å². The van der Waals surface area contributed by atoms with E-state index in [-0.39, 0.29) is 25.4 Å². The van der Waals surface area contributed by atoms with E-state index in [1.807, 2.05) is 0 Å². The summed E-state index contributed by atoms with van der Waals surface area (Å²) in [5.41, 5.74) is 2.48. The summed E-state index contributed by atoms with van der Waals surface area (Å²) in [7, 11) is 7.32. The van der Waals surface area contributed by atoms with Gasteiger partial charge in [-0.15, -0.1) is 0 Å². The first kappa shape index (κ1) is 116. The third-order valence-corrected chi connectivity index (χ3v) is 25.9. The lowest BCUT2D eigenvalue weighted by Gasteiger charge is -2.50. The maximum atomic E-state index is 14.6. The number of imide groups is 1. The second-order valence-corrected chi connectivity index (χ2v) is 36.2. The maximum absolute atomic E-state index is 14.6. The first-order valence-corrected chi connectivity index (χ1v) is 47.1. The minimum atomic E-state index is -2.39. The molecule has 3 aromatic carbocycles. The van der Waals surface area contributed by atoms with Gasteiger partial charge in [-0.05, 0) is 79.4 Å². The van der Waals surface area contributed by atoms with E-state index in [9.17, 15) is 140 Å². The molecule has 21 fully saturated rings. The Labute approximate surface area is 838 Å². The predicted octanol–water partition coefficient (Wildman–Crippen LogP) is -12.5. The van der Waals surface area contributed by atoms with E-state index in [0.29, 0.717) is 44.7 Å². The highest BCUT2D eigenvalue weighted by Crippen LogP contribution is 2.43. The molecule has 39 atom stereocenters. The van der Waals surface area contributed by atoms with E-state index < -0.39 is 358 Å². The number of ether oxygens (including phenoxy) is 19. The van der Waals surface area contributed by atoms with Gasteiger partial charge in [-0.1, -0.05) is 44.2 Å². The molecule has 28 N–H and O–H groups in total. The molecule has 0 saturated carbocycles. The molecule has 147 heavy (non-hydrogen) atoms. The molecule has 822 valence electrons. The number of carbonyl (C=O) groups excluding carboxylic acids is 8. The predicted molar refractivity (Wildman–Crippen MR) is 488 cm³/mol. The number of nitrogens with one attached hydrogen (secondary N) is 8. The number of aliphatic hydroxyl groups excluding tert-OH is 20. The molecule has 35 unspecified atom stereocenters.